The zero-order valence-electron chi connectivity index (χ0n) is 10.3. The van der Waals surface area contributed by atoms with Crippen LogP contribution in [0, 0.1) is 6.92 Å². The van der Waals surface area contributed by atoms with Crippen molar-refractivity contribution in [2.45, 2.75) is 19.9 Å². The molecule has 0 radical (unpaired) electrons. The summed E-state index contributed by atoms with van der Waals surface area (Å²) in [4.78, 5) is 0. The van der Waals surface area contributed by atoms with E-state index in [9.17, 15) is 0 Å². The number of hydrogen-bond donors (Lipinski definition) is 1. The largest absolute Gasteiger partial charge is 0.311 e. The fraction of sp³-hybridized carbons (Fsp3) is 0.385. The molecule has 4 heteroatoms. The third-order valence-electron chi connectivity index (χ3n) is 2.95. The summed E-state index contributed by atoms with van der Waals surface area (Å²) in [5.41, 5.74) is 3.87. The molecule has 0 amide bonds. The highest BCUT2D eigenvalue weighted by Crippen LogP contribution is 2.06. The first-order chi connectivity index (χ1) is 8.27. The molecule has 0 aliphatic carbocycles. The fourth-order valence-corrected chi connectivity index (χ4v) is 1.80. The summed E-state index contributed by atoms with van der Waals surface area (Å²) in [7, 11) is 1.91. The Morgan fingerprint density at radius 2 is 2.12 bits per heavy atom. The van der Waals surface area contributed by atoms with E-state index in [0.29, 0.717) is 0 Å². The lowest BCUT2D eigenvalue weighted by Gasteiger charge is -2.07. The Kier molecular flexibility index (Phi) is 3.88. The molecule has 0 spiro atoms. The van der Waals surface area contributed by atoms with E-state index in [-0.39, 0.29) is 0 Å². The molecule has 0 aliphatic rings. The molecule has 0 fully saturated rings. The molecule has 1 heterocycles. The van der Waals surface area contributed by atoms with Crippen LogP contribution in [0.1, 0.15) is 16.8 Å². The number of nitrogens with zero attached hydrogens (tertiary/aromatic N) is 3. The number of aromatic nitrogens is 3. The van der Waals surface area contributed by atoms with Crippen LogP contribution in [0.25, 0.3) is 0 Å². The van der Waals surface area contributed by atoms with Crippen LogP contribution in [0.2, 0.25) is 0 Å². The van der Waals surface area contributed by atoms with Crippen molar-refractivity contribution in [1.29, 1.82) is 0 Å². The van der Waals surface area contributed by atoms with Crippen LogP contribution >= 0.6 is 0 Å². The number of aryl methyl sites for hydroxylation is 2. The maximum atomic E-state index is 3.89. The van der Waals surface area contributed by atoms with Crippen molar-refractivity contribution in [3.05, 3.63) is 47.3 Å². The van der Waals surface area contributed by atoms with Crippen LogP contribution in [-0.4, -0.2) is 21.5 Å². The highest BCUT2D eigenvalue weighted by atomic mass is 15.4. The lowest BCUT2D eigenvalue weighted by molar-refractivity contribution is 0.616. The third-order valence-corrected chi connectivity index (χ3v) is 2.95. The summed E-state index contributed by atoms with van der Waals surface area (Å²) in [6, 6.07) is 8.50. The summed E-state index contributed by atoms with van der Waals surface area (Å²) in [5, 5.41) is 11.1. The van der Waals surface area contributed by atoms with Gasteiger partial charge in [-0.2, -0.15) is 0 Å². The van der Waals surface area contributed by atoms with Gasteiger partial charge in [-0.15, -0.1) is 5.10 Å². The van der Waals surface area contributed by atoms with Crippen molar-refractivity contribution in [3.63, 3.8) is 0 Å². The number of nitrogens with one attached hydrogen (secondary N) is 1. The predicted octanol–water partition coefficient (Wildman–Crippen LogP) is 1.46. The molecule has 0 aliphatic heterocycles. The van der Waals surface area contributed by atoms with Crippen molar-refractivity contribution >= 4 is 0 Å². The zero-order chi connectivity index (χ0) is 12.1. The fourth-order valence-electron chi connectivity index (χ4n) is 1.80. The average Bonchev–Trinajstić information content (AvgIpc) is 2.73. The maximum absolute atomic E-state index is 3.89. The van der Waals surface area contributed by atoms with Crippen molar-refractivity contribution < 1.29 is 0 Å². The first-order valence-electron chi connectivity index (χ1n) is 5.86. The molecule has 2 aromatic rings. The molecule has 0 saturated carbocycles. The molecule has 0 saturated heterocycles. The lowest BCUT2D eigenvalue weighted by atomic mass is 10.1. The molecule has 4 nitrogen and oxygen atoms in total. The first-order valence-corrected chi connectivity index (χ1v) is 5.86. The maximum Gasteiger partial charge on any atom is 0.0738 e. The van der Waals surface area contributed by atoms with E-state index in [1.807, 2.05) is 7.05 Å². The Balaban J connectivity index is 1.77. The van der Waals surface area contributed by atoms with Crippen LogP contribution in [-0.2, 0) is 20.0 Å². The average molecular weight is 230 g/mol. The molecule has 0 bridgehead atoms. The Labute approximate surface area is 102 Å². The van der Waals surface area contributed by atoms with Gasteiger partial charge in [0, 0.05) is 13.6 Å². The smallest absolute Gasteiger partial charge is 0.0738 e. The van der Waals surface area contributed by atoms with Crippen LogP contribution in [0.4, 0.5) is 0 Å². The standard InChI is InChI=1S/C13H18N4/c1-11-5-3-4-6-12(11)7-8-14-9-13-10-15-16-17(13)2/h3-6,10,14H,7-9H2,1-2H3. The molecule has 17 heavy (non-hydrogen) atoms. The second-order valence-electron chi connectivity index (χ2n) is 4.20. The summed E-state index contributed by atoms with van der Waals surface area (Å²) in [6.45, 7) is 3.94. The van der Waals surface area contributed by atoms with E-state index in [1.54, 1.807) is 10.9 Å². The van der Waals surface area contributed by atoms with Crippen molar-refractivity contribution in [3.8, 4) is 0 Å². The molecule has 1 aromatic carbocycles. The normalized spacial score (nSPS) is 10.7. The first kappa shape index (κ1) is 11.8. The van der Waals surface area contributed by atoms with Gasteiger partial charge < -0.3 is 5.32 Å². The highest BCUT2D eigenvalue weighted by molar-refractivity contribution is 5.25. The van der Waals surface area contributed by atoms with E-state index >= 15 is 0 Å². The highest BCUT2D eigenvalue weighted by Gasteiger charge is 2.00. The van der Waals surface area contributed by atoms with Crippen LogP contribution in [0.5, 0.6) is 0 Å². The summed E-state index contributed by atoms with van der Waals surface area (Å²) >= 11 is 0. The SMILES string of the molecule is Cc1ccccc1CCNCc1cnnn1C. The van der Waals surface area contributed by atoms with Crippen molar-refractivity contribution in [2.24, 2.45) is 7.05 Å². The lowest BCUT2D eigenvalue weighted by Crippen LogP contribution is -2.18. The predicted molar refractivity (Wildman–Crippen MR) is 67.6 cm³/mol. The van der Waals surface area contributed by atoms with E-state index < -0.39 is 0 Å². The van der Waals surface area contributed by atoms with Gasteiger partial charge in [0.2, 0.25) is 0 Å². The molecule has 1 aromatic heterocycles. The van der Waals surface area contributed by atoms with E-state index in [4.69, 9.17) is 0 Å². The number of rotatable bonds is 5. The summed E-state index contributed by atoms with van der Waals surface area (Å²) < 4.78 is 1.79. The van der Waals surface area contributed by atoms with Gasteiger partial charge in [0.25, 0.3) is 0 Å². The van der Waals surface area contributed by atoms with Gasteiger partial charge in [0.05, 0.1) is 11.9 Å². The van der Waals surface area contributed by atoms with Gasteiger partial charge in [-0.05, 0) is 31.0 Å². The molecule has 2 rings (SSSR count). The van der Waals surface area contributed by atoms with Crippen molar-refractivity contribution in [2.75, 3.05) is 6.54 Å². The minimum Gasteiger partial charge on any atom is -0.311 e. The van der Waals surface area contributed by atoms with E-state index in [2.05, 4.69) is 46.8 Å². The van der Waals surface area contributed by atoms with E-state index in [0.717, 1.165) is 25.2 Å². The van der Waals surface area contributed by atoms with E-state index in [1.165, 1.54) is 11.1 Å². The quantitative estimate of drug-likeness (QED) is 0.791. The molecule has 1 N–H and O–H groups in total. The summed E-state index contributed by atoms with van der Waals surface area (Å²) in [5.74, 6) is 0. The molecule has 90 valence electrons. The van der Waals surface area contributed by atoms with Gasteiger partial charge in [0.1, 0.15) is 0 Å². The Morgan fingerprint density at radius 1 is 1.29 bits per heavy atom. The van der Waals surface area contributed by atoms with Crippen LogP contribution < -0.4 is 5.32 Å². The molecule has 0 unspecified atom stereocenters. The van der Waals surface area contributed by atoms with Gasteiger partial charge in [-0.1, -0.05) is 29.5 Å². The van der Waals surface area contributed by atoms with Gasteiger partial charge >= 0.3 is 0 Å². The van der Waals surface area contributed by atoms with Crippen molar-refractivity contribution in [1.82, 2.24) is 20.3 Å². The minimum atomic E-state index is 0.815. The van der Waals surface area contributed by atoms with Gasteiger partial charge in [0.15, 0.2) is 0 Å². The second-order valence-corrected chi connectivity index (χ2v) is 4.20. The Hall–Kier alpha value is -1.68. The minimum absolute atomic E-state index is 0.815. The third kappa shape index (κ3) is 3.14. The summed E-state index contributed by atoms with van der Waals surface area (Å²) in [6.07, 6.45) is 2.85. The van der Waals surface area contributed by atoms with Gasteiger partial charge in [-0.3, -0.25) is 4.68 Å². The Morgan fingerprint density at radius 3 is 2.82 bits per heavy atom. The molecule has 0 atom stereocenters. The molecular weight excluding hydrogens is 212 g/mol. The number of hydrogen-bond acceptors (Lipinski definition) is 3. The monoisotopic (exact) mass is 230 g/mol. The number of benzene rings is 1. The zero-order valence-corrected chi connectivity index (χ0v) is 10.3. The molecular formula is C13H18N4. The van der Waals surface area contributed by atoms with Crippen LogP contribution in [0.3, 0.4) is 0 Å². The van der Waals surface area contributed by atoms with Gasteiger partial charge in [-0.25, -0.2) is 0 Å². The Bertz CT molecular complexity index is 476. The second kappa shape index (κ2) is 5.59. The van der Waals surface area contributed by atoms with Crippen LogP contribution in [0.15, 0.2) is 30.5 Å². The topological polar surface area (TPSA) is 42.7 Å².